The molecule has 1 aromatic rings. The van der Waals surface area contributed by atoms with Crippen molar-refractivity contribution in [2.75, 3.05) is 45.6 Å². The van der Waals surface area contributed by atoms with E-state index in [4.69, 9.17) is 4.74 Å². The summed E-state index contributed by atoms with van der Waals surface area (Å²) in [5, 5.41) is 3.25. The summed E-state index contributed by atoms with van der Waals surface area (Å²) in [6.45, 7) is 5.91. The fourth-order valence-electron chi connectivity index (χ4n) is 3.12. The van der Waals surface area contributed by atoms with Gasteiger partial charge in [-0.15, -0.1) is 24.0 Å². The average Bonchev–Trinajstić information content (AvgIpc) is 2.71. The maximum absolute atomic E-state index is 12.2. The largest absolute Gasteiger partial charge is 0.381 e. The Bertz CT molecular complexity index is 695. The Hall–Kier alpha value is -0.910. The van der Waals surface area contributed by atoms with Crippen molar-refractivity contribution in [1.29, 1.82) is 0 Å². The number of hydrogen-bond donors (Lipinski definition) is 2. The Kier molecular flexibility index (Phi) is 12.8. The number of nitrogens with zero attached hydrogens (tertiary/aromatic N) is 2. The van der Waals surface area contributed by atoms with Crippen molar-refractivity contribution >= 4 is 40.0 Å². The van der Waals surface area contributed by atoms with Gasteiger partial charge < -0.3 is 15.0 Å². The predicted molar refractivity (Wildman–Crippen MR) is 129 cm³/mol. The Morgan fingerprint density at radius 2 is 1.93 bits per heavy atom. The van der Waals surface area contributed by atoms with Crippen LogP contribution in [-0.4, -0.2) is 64.9 Å². The molecular formula is C20H35IN4O3S. The number of sulfonamides is 1. The first kappa shape index (κ1) is 26.1. The SMILES string of the molecule is CCNC(=NCCS(=O)(=O)NCc1ccccc1)N(C)CCC1CCOCC1.I. The van der Waals surface area contributed by atoms with Gasteiger partial charge in [0.25, 0.3) is 0 Å². The molecule has 0 radical (unpaired) electrons. The minimum absolute atomic E-state index is 0. The number of aliphatic imine (C=N–C) groups is 1. The van der Waals surface area contributed by atoms with E-state index in [1.807, 2.05) is 44.3 Å². The Labute approximate surface area is 192 Å². The maximum Gasteiger partial charge on any atom is 0.213 e. The van der Waals surface area contributed by atoms with Gasteiger partial charge >= 0.3 is 0 Å². The molecule has 1 saturated heterocycles. The topological polar surface area (TPSA) is 83.0 Å². The molecule has 1 fully saturated rings. The highest BCUT2D eigenvalue weighted by Crippen LogP contribution is 2.18. The molecule has 1 aliphatic heterocycles. The first-order valence-electron chi connectivity index (χ1n) is 10.1. The van der Waals surface area contributed by atoms with Crippen molar-refractivity contribution in [3.8, 4) is 0 Å². The molecule has 0 bridgehead atoms. The third-order valence-electron chi connectivity index (χ3n) is 4.87. The van der Waals surface area contributed by atoms with Crippen molar-refractivity contribution in [1.82, 2.24) is 14.9 Å². The second-order valence-electron chi connectivity index (χ2n) is 7.13. The van der Waals surface area contributed by atoms with Gasteiger partial charge in [0, 0.05) is 39.9 Å². The summed E-state index contributed by atoms with van der Waals surface area (Å²) < 4.78 is 32.5. The molecule has 7 nitrogen and oxygen atoms in total. The number of hydrogen-bond acceptors (Lipinski definition) is 4. The van der Waals surface area contributed by atoms with Gasteiger partial charge in [0.2, 0.25) is 10.0 Å². The second-order valence-corrected chi connectivity index (χ2v) is 9.05. The molecule has 1 heterocycles. The molecule has 29 heavy (non-hydrogen) atoms. The van der Waals surface area contributed by atoms with Crippen LogP contribution in [0.3, 0.4) is 0 Å². The van der Waals surface area contributed by atoms with Crippen LogP contribution in [0.15, 0.2) is 35.3 Å². The summed E-state index contributed by atoms with van der Waals surface area (Å²) >= 11 is 0. The zero-order valence-electron chi connectivity index (χ0n) is 17.5. The number of guanidine groups is 1. The average molecular weight is 538 g/mol. The maximum atomic E-state index is 12.2. The van der Waals surface area contributed by atoms with Gasteiger partial charge in [-0.05, 0) is 37.7 Å². The van der Waals surface area contributed by atoms with Gasteiger partial charge in [0.1, 0.15) is 0 Å². The van der Waals surface area contributed by atoms with E-state index in [0.29, 0.717) is 12.5 Å². The van der Waals surface area contributed by atoms with Crippen LogP contribution < -0.4 is 10.0 Å². The van der Waals surface area contributed by atoms with Crippen LogP contribution in [0.1, 0.15) is 31.7 Å². The van der Waals surface area contributed by atoms with Gasteiger partial charge in [0.15, 0.2) is 5.96 Å². The highest BCUT2D eigenvalue weighted by Gasteiger charge is 2.16. The first-order chi connectivity index (χ1) is 13.5. The number of nitrogens with one attached hydrogen (secondary N) is 2. The smallest absolute Gasteiger partial charge is 0.213 e. The van der Waals surface area contributed by atoms with Gasteiger partial charge in [-0.3, -0.25) is 4.99 Å². The molecule has 1 aromatic carbocycles. The van der Waals surface area contributed by atoms with Gasteiger partial charge in [-0.25, -0.2) is 13.1 Å². The van der Waals surface area contributed by atoms with Crippen LogP contribution in [0.2, 0.25) is 0 Å². The highest BCUT2D eigenvalue weighted by atomic mass is 127. The summed E-state index contributed by atoms with van der Waals surface area (Å²) in [6.07, 6.45) is 3.33. The Balaban J connectivity index is 0.00000420. The van der Waals surface area contributed by atoms with E-state index in [1.165, 1.54) is 0 Å². The summed E-state index contributed by atoms with van der Waals surface area (Å²) in [4.78, 5) is 6.59. The summed E-state index contributed by atoms with van der Waals surface area (Å²) in [6, 6.07) is 9.50. The van der Waals surface area contributed by atoms with Crippen LogP contribution in [0.4, 0.5) is 0 Å². The van der Waals surface area contributed by atoms with Crippen molar-refractivity contribution in [2.24, 2.45) is 10.9 Å². The third kappa shape index (κ3) is 10.6. The van der Waals surface area contributed by atoms with Gasteiger partial charge in [-0.1, -0.05) is 30.3 Å². The van der Waals surface area contributed by atoms with E-state index in [9.17, 15) is 8.42 Å². The molecule has 2 rings (SSSR count). The molecule has 9 heteroatoms. The van der Waals surface area contributed by atoms with E-state index >= 15 is 0 Å². The quantitative estimate of drug-likeness (QED) is 0.272. The van der Waals surface area contributed by atoms with E-state index in [-0.39, 0.29) is 36.3 Å². The molecule has 0 atom stereocenters. The lowest BCUT2D eigenvalue weighted by Crippen LogP contribution is -2.40. The molecule has 0 aliphatic carbocycles. The zero-order valence-corrected chi connectivity index (χ0v) is 20.6. The normalized spacial score (nSPS) is 15.6. The van der Waals surface area contributed by atoms with Crippen molar-refractivity contribution < 1.29 is 13.2 Å². The van der Waals surface area contributed by atoms with E-state index in [2.05, 4.69) is 19.9 Å². The number of ether oxygens (including phenoxy) is 1. The predicted octanol–water partition coefficient (Wildman–Crippen LogP) is 2.44. The van der Waals surface area contributed by atoms with Gasteiger partial charge in [0.05, 0.1) is 12.3 Å². The molecule has 0 aromatic heterocycles. The van der Waals surface area contributed by atoms with Crippen LogP contribution in [-0.2, 0) is 21.3 Å². The Morgan fingerprint density at radius 1 is 1.24 bits per heavy atom. The standard InChI is InChI=1S/C20H34N4O3S.HI/c1-3-21-20(24(2)13-9-18-10-14-27-15-11-18)22-12-16-28(25,26)23-17-19-7-5-4-6-8-19;/h4-8,18,23H,3,9-17H2,1-2H3,(H,21,22);1H. The zero-order chi connectivity index (χ0) is 20.2. The minimum Gasteiger partial charge on any atom is -0.381 e. The molecule has 166 valence electrons. The van der Waals surface area contributed by atoms with Crippen LogP contribution in [0.5, 0.6) is 0 Å². The molecular weight excluding hydrogens is 503 g/mol. The van der Waals surface area contributed by atoms with Crippen LogP contribution in [0.25, 0.3) is 0 Å². The van der Waals surface area contributed by atoms with Crippen LogP contribution >= 0.6 is 24.0 Å². The van der Waals surface area contributed by atoms with Crippen molar-refractivity contribution in [2.45, 2.75) is 32.7 Å². The number of rotatable bonds is 10. The molecule has 0 unspecified atom stereocenters. The lowest BCUT2D eigenvalue weighted by atomic mass is 9.96. The highest BCUT2D eigenvalue weighted by molar-refractivity contribution is 14.0. The monoisotopic (exact) mass is 538 g/mol. The van der Waals surface area contributed by atoms with Gasteiger partial charge in [-0.2, -0.15) is 0 Å². The number of halogens is 1. The first-order valence-corrected chi connectivity index (χ1v) is 11.7. The fraction of sp³-hybridized carbons (Fsp3) is 0.650. The molecule has 1 aliphatic rings. The van der Waals surface area contributed by atoms with E-state index in [0.717, 1.165) is 57.1 Å². The van der Waals surface area contributed by atoms with Crippen molar-refractivity contribution in [3.63, 3.8) is 0 Å². The lowest BCUT2D eigenvalue weighted by molar-refractivity contribution is 0.0625. The number of benzene rings is 1. The van der Waals surface area contributed by atoms with Crippen LogP contribution in [0, 0.1) is 5.92 Å². The third-order valence-corrected chi connectivity index (χ3v) is 6.17. The molecule has 2 N–H and O–H groups in total. The second kappa shape index (κ2) is 14.2. The van der Waals surface area contributed by atoms with E-state index in [1.54, 1.807) is 0 Å². The Morgan fingerprint density at radius 3 is 2.59 bits per heavy atom. The molecule has 0 saturated carbocycles. The fourth-order valence-corrected chi connectivity index (χ4v) is 3.98. The van der Waals surface area contributed by atoms with E-state index < -0.39 is 10.0 Å². The summed E-state index contributed by atoms with van der Waals surface area (Å²) in [5.41, 5.74) is 0.941. The lowest BCUT2D eigenvalue weighted by Gasteiger charge is -2.26. The van der Waals surface area contributed by atoms with Crippen molar-refractivity contribution in [3.05, 3.63) is 35.9 Å². The summed E-state index contributed by atoms with van der Waals surface area (Å²) in [7, 11) is -1.36. The minimum atomic E-state index is -3.36. The summed E-state index contributed by atoms with van der Waals surface area (Å²) in [5.74, 6) is 1.43. The molecule has 0 spiro atoms. The molecule has 0 amide bonds.